The Kier molecular flexibility index (Phi) is 4.24. The minimum atomic E-state index is -4.65. The predicted octanol–water partition coefficient (Wildman–Crippen LogP) is 3.90. The van der Waals surface area contributed by atoms with E-state index in [1.54, 1.807) is 34.6 Å². The number of carbonyl (C=O) groups excluding carboxylic acids is 1. The van der Waals surface area contributed by atoms with Crippen molar-refractivity contribution < 1.29 is 22.5 Å². The summed E-state index contributed by atoms with van der Waals surface area (Å²) >= 11 is 0. The van der Waals surface area contributed by atoms with E-state index >= 15 is 0 Å². The molecule has 0 aliphatic carbocycles. The highest BCUT2D eigenvalue weighted by Crippen LogP contribution is 2.32. The molecule has 0 radical (unpaired) electrons. The van der Waals surface area contributed by atoms with Gasteiger partial charge < -0.3 is 9.84 Å². The minimum Gasteiger partial charge on any atom is -0.359 e. The largest absolute Gasteiger partial charge is 0.433 e. The molecule has 0 aliphatic rings. The van der Waals surface area contributed by atoms with Crippen molar-refractivity contribution in [2.24, 2.45) is 0 Å². The average Bonchev–Trinajstić information content (AvgIpc) is 3.10. The molecule has 27 heavy (non-hydrogen) atoms. The first-order chi connectivity index (χ1) is 12.4. The van der Waals surface area contributed by atoms with Crippen molar-refractivity contribution >= 4 is 17.2 Å². The van der Waals surface area contributed by atoms with E-state index in [4.69, 9.17) is 4.52 Å². The highest BCUT2D eigenvalue weighted by atomic mass is 19.4. The van der Waals surface area contributed by atoms with Crippen molar-refractivity contribution in [3.8, 4) is 0 Å². The van der Waals surface area contributed by atoms with E-state index in [1.165, 1.54) is 6.07 Å². The maximum absolute atomic E-state index is 13.5. The number of carbonyl (C=O) groups is 1. The van der Waals surface area contributed by atoms with Gasteiger partial charge in [0.1, 0.15) is 17.1 Å². The van der Waals surface area contributed by atoms with E-state index < -0.39 is 23.2 Å². The summed E-state index contributed by atoms with van der Waals surface area (Å²) in [6, 6.07) is 2.17. The predicted molar refractivity (Wildman–Crippen MR) is 90.6 cm³/mol. The zero-order chi connectivity index (χ0) is 20.1. The summed E-state index contributed by atoms with van der Waals surface area (Å²) in [6.45, 7) is 8.52. The fraction of sp³-hybridized carbons (Fsp3) is 0.412. The Labute approximate surface area is 152 Å². The van der Waals surface area contributed by atoms with E-state index in [9.17, 15) is 18.0 Å². The molecule has 0 spiro atoms. The number of amides is 1. The summed E-state index contributed by atoms with van der Waals surface area (Å²) in [5.41, 5.74) is -0.790. The van der Waals surface area contributed by atoms with Gasteiger partial charge in [-0.25, -0.2) is 9.50 Å². The van der Waals surface area contributed by atoms with Crippen molar-refractivity contribution in [3.05, 3.63) is 40.7 Å². The number of alkyl halides is 3. The van der Waals surface area contributed by atoms with Crippen molar-refractivity contribution in [1.82, 2.24) is 19.8 Å². The summed E-state index contributed by atoms with van der Waals surface area (Å²) in [5.74, 6) is -0.297. The van der Waals surface area contributed by atoms with Crippen LogP contribution in [0.2, 0.25) is 0 Å². The first-order valence-corrected chi connectivity index (χ1v) is 8.10. The normalized spacial score (nSPS) is 12.6. The quantitative estimate of drug-likeness (QED) is 0.728. The van der Waals surface area contributed by atoms with Gasteiger partial charge in [0.15, 0.2) is 17.1 Å². The number of halogens is 3. The fourth-order valence-corrected chi connectivity index (χ4v) is 2.51. The van der Waals surface area contributed by atoms with Gasteiger partial charge in [0.05, 0.1) is 5.69 Å². The molecule has 144 valence electrons. The monoisotopic (exact) mass is 381 g/mol. The van der Waals surface area contributed by atoms with Crippen molar-refractivity contribution in [1.29, 1.82) is 0 Å². The van der Waals surface area contributed by atoms with Gasteiger partial charge in [-0.2, -0.15) is 18.3 Å². The van der Waals surface area contributed by atoms with Crippen LogP contribution in [-0.2, 0) is 11.6 Å². The van der Waals surface area contributed by atoms with Gasteiger partial charge in [0.25, 0.3) is 5.91 Å². The van der Waals surface area contributed by atoms with Crippen LogP contribution in [0.4, 0.5) is 18.9 Å². The lowest BCUT2D eigenvalue weighted by molar-refractivity contribution is -0.142. The second-order valence-electron chi connectivity index (χ2n) is 7.23. The van der Waals surface area contributed by atoms with Gasteiger partial charge in [0.2, 0.25) is 0 Å². The maximum atomic E-state index is 13.5. The number of rotatable bonds is 2. The van der Waals surface area contributed by atoms with Crippen molar-refractivity contribution in [3.63, 3.8) is 0 Å². The van der Waals surface area contributed by atoms with Gasteiger partial charge in [-0.1, -0.05) is 25.9 Å². The molecule has 3 rings (SSSR count). The molecule has 0 unspecified atom stereocenters. The summed E-state index contributed by atoms with van der Waals surface area (Å²) in [7, 11) is 0. The van der Waals surface area contributed by atoms with Crippen LogP contribution >= 0.6 is 0 Å². The van der Waals surface area contributed by atoms with Crippen LogP contribution in [0.1, 0.15) is 54.1 Å². The summed E-state index contributed by atoms with van der Waals surface area (Å²) < 4.78 is 46.1. The molecule has 0 aliphatic heterocycles. The highest BCUT2D eigenvalue weighted by Gasteiger charge is 2.36. The number of nitrogens with one attached hydrogen (secondary N) is 1. The molecule has 1 N–H and O–H groups in total. The maximum Gasteiger partial charge on any atom is 0.433 e. The molecule has 0 aromatic carbocycles. The summed E-state index contributed by atoms with van der Waals surface area (Å²) in [5, 5.41) is 10.1. The van der Waals surface area contributed by atoms with Crippen molar-refractivity contribution in [2.45, 2.75) is 46.2 Å². The van der Waals surface area contributed by atoms with E-state index in [0.717, 1.165) is 6.07 Å². The average molecular weight is 381 g/mol. The third-order valence-corrected chi connectivity index (χ3v) is 3.99. The minimum absolute atomic E-state index is 0.0568. The standard InChI is InChI=1S/C17H18F3N5O2/c1-8-14(9(2)27-24-8)22-15(26)10-6-13-21-11(16(3,4)5)7-12(17(18,19)20)25(13)23-10/h6-7H,1-5H3,(H,22,26). The molecule has 0 bridgehead atoms. The Bertz CT molecular complexity index is 1010. The molecule has 3 heterocycles. The third-order valence-electron chi connectivity index (χ3n) is 3.99. The summed E-state index contributed by atoms with van der Waals surface area (Å²) in [4.78, 5) is 16.7. The smallest absolute Gasteiger partial charge is 0.359 e. The molecular formula is C17H18F3N5O2. The number of hydrogen-bond acceptors (Lipinski definition) is 5. The zero-order valence-electron chi connectivity index (χ0n) is 15.4. The van der Waals surface area contributed by atoms with Crippen LogP contribution in [0.5, 0.6) is 0 Å². The Morgan fingerprint density at radius 2 is 1.85 bits per heavy atom. The van der Waals surface area contributed by atoms with Gasteiger partial charge in [0, 0.05) is 11.5 Å². The Hall–Kier alpha value is -2.91. The molecule has 0 saturated carbocycles. The van der Waals surface area contributed by atoms with E-state index in [2.05, 4.69) is 20.6 Å². The number of aromatic nitrogens is 4. The molecule has 0 fully saturated rings. The van der Waals surface area contributed by atoms with Crippen molar-refractivity contribution in [2.75, 3.05) is 5.32 Å². The van der Waals surface area contributed by atoms with Crippen LogP contribution in [0.15, 0.2) is 16.7 Å². The zero-order valence-corrected chi connectivity index (χ0v) is 15.4. The number of hydrogen-bond donors (Lipinski definition) is 1. The Morgan fingerprint density at radius 3 is 2.37 bits per heavy atom. The Balaban J connectivity index is 2.10. The lowest BCUT2D eigenvalue weighted by Crippen LogP contribution is -2.20. The number of nitrogens with zero attached hydrogens (tertiary/aromatic N) is 4. The van der Waals surface area contributed by atoms with E-state index in [1.807, 2.05) is 0 Å². The van der Waals surface area contributed by atoms with Gasteiger partial charge >= 0.3 is 6.18 Å². The number of aryl methyl sites for hydroxylation is 2. The van der Waals surface area contributed by atoms with Crippen LogP contribution in [0, 0.1) is 13.8 Å². The number of fused-ring (bicyclic) bond motifs is 1. The van der Waals surface area contributed by atoms with Crippen LogP contribution in [-0.4, -0.2) is 25.7 Å². The van der Waals surface area contributed by atoms with Gasteiger partial charge in [-0.05, 0) is 19.9 Å². The molecule has 3 aromatic rings. The first kappa shape index (κ1) is 18.9. The summed E-state index contributed by atoms with van der Waals surface area (Å²) in [6.07, 6.45) is -4.65. The van der Waals surface area contributed by atoms with Crippen LogP contribution in [0.25, 0.3) is 5.65 Å². The van der Waals surface area contributed by atoms with Crippen LogP contribution < -0.4 is 5.32 Å². The molecule has 0 atom stereocenters. The molecular weight excluding hydrogens is 363 g/mol. The molecule has 1 amide bonds. The molecule has 10 heteroatoms. The second-order valence-corrected chi connectivity index (χ2v) is 7.23. The Morgan fingerprint density at radius 1 is 1.19 bits per heavy atom. The van der Waals surface area contributed by atoms with Crippen LogP contribution in [0.3, 0.4) is 0 Å². The van der Waals surface area contributed by atoms with Gasteiger partial charge in [-0.3, -0.25) is 4.79 Å². The molecule has 7 nitrogen and oxygen atoms in total. The number of anilines is 1. The van der Waals surface area contributed by atoms with Gasteiger partial charge in [-0.15, -0.1) is 0 Å². The van der Waals surface area contributed by atoms with E-state index in [-0.39, 0.29) is 17.0 Å². The topological polar surface area (TPSA) is 85.3 Å². The SMILES string of the molecule is Cc1noc(C)c1NC(=O)c1cc2nc(C(C)(C)C)cc(C(F)(F)F)n2n1. The lowest BCUT2D eigenvalue weighted by Gasteiger charge is -2.19. The molecule has 0 saturated heterocycles. The fourth-order valence-electron chi connectivity index (χ4n) is 2.51. The second kappa shape index (κ2) is 6.07. The lowest BCUT2D eigenvalue weighted by atomic mass is 9.91. The third kappa shape index (κ3) is 3.51. The highest BCUT2D eigenvalue weighted by molar-refractivity contribution is 6.04. The molecule has 3 aromatic heterocycles. The van der Waals surface area contributed by atoms with E-state index in [0.29, 0.717) is 21.7 Å². The first-order valence-electron chi connectivity index (χ1n) is 8.10.